The van der Waals surface area contributed by atoms with E-state index in [4.69, 9.17) is 26.5 Å². The second-order valence-corrected chi connectivity index (χ2v) is 6.52. The summed E-state index contributed by atoms with van der Waals surface area (Å²) >= 11 is 5.27. The first-order valence-corrected chi connectivity index (χ1v) is 8.98. The predicted molar refractivity (Wildman–Crippen MR) is 111 cm³/mol. The van der Waals surface area contributed by atoms with Crippen LogP contribution in [0.1, 0.15) is 21.7 Å². The molecule has 1 aromatic heterocycles. The molecule has 7 heteroatoms. The summed E-state index contributed by atoms with van der Waals surface area (Å²) in [6, 6.07) is 16.1. The molecule has 0 saturated heterocycles. The van der Waals surface area contributed by atoms with E-state index in [0.717, 1.165) is 11.1 Å². The zero-order valence-electron chi connectivity index (χ0n) is 15.5. The lowest BCUT2D eigenvalue weighted by Gasteiger charge is -2.14. The van der Waals surface area contributed by atoms with Crippen molar-refractivity contribution in [3.05, 3.63) is 71.5 Å². The van der Waals surface area contributed by atoms with E-state index in [-0.39, 0.29) is 17.6 Å². The van der Waals surface area contributed by atoms with E-state index in [1.165, 1.54) is 0 Å². The van der Waals surface area contributed by atoms with Gasteiger partial charge in [0.15, 0.2) is 5.11 Å². The van der Waals surface area contributed by atoms with Crippen molar-refractivity contribution in [3.8, 4) is 17.1 Å². The van der Waals surface area contributed by atoms with Gasteiger partial charge in [-0.25, -0.2) is 0 Å². The van der Waals surface area contributed by atoms with Crippen molar-refractivity contribution in [2.45, 2.75) is 13.5 Å². The Morgan fingerprint density at radius 3 is 2.54 bits per heavy atom. The summed E-state index contributed by atoms with van der Waals surface area (Å²) in [7, 11) is 1.55. The zero-order chi connectivity index (χ0) is 20.1. The van der Waals surface area contributed by atoms with E-state index in [1.54, 1.807) is 43.5 Å². The fourth-order valence-corrected chi connectivity index (χ4v) is 2.81. The fraction of sp³-hybridized carbons (Fsp3) is 0.143. The maximum atomic E-state index is 12.3. The van der Waals surface area contributed by atoms with Crippen LogP contribution in [-0.4, -0.2) is 23.2 Å². The van der Waals surface area contributed by atoms with Crippen LogP contribution in [0.5, 0.6) is 5.75 Å². The third-order valence-corrected chi connectivity index (χ3v) is 4.29. The normalized spacial score (nSPS) is 10.4. The first-order chi connectivity index (χ1) is 13.5. The van der Waals surface area contributed by atoms with E-state index in [9.17, 15) is 4.79 Å². The molecule has 28 heavy (non-hydrogen) atoms. The number of carbonyl (C=O) groups excluding carboxylic acids is 1. The van der Waals surface area contributed by atoms with Gasteiger partial charge in [0.1, 0.15) is 23.9 Å². The second kappa shape index (κ2) is 8.69. The molecule has 1 heterocycles. The number of rotatable bonds is 5. The maximum Gasteiger partial charge on any atom is 0.257 e. The Labute approximate surface area is 168 Å². The number of amides is 1. The van der Waals surface area contributed by atoms with Gasteiger partial charge in [0, 0.05) is 11.1 Å². The second-order valence-electron chi connectivity index (χ2n) is 6.11. The van der Waals surface area contributed by atoms with Crippen LogP contribution in [-0.2, 0) is 6.61 Å². The number of aliphatic hydroxyl groups excluding tert-OH is 1. The molecule has 0 aliphatic carbocycles. The monoisotopic (exact) mass is 396 g/mol. The molecule has 0 atom stereocenters. The van der Waals surface area contributed by atoms with Gasteiger partial charge in [-0.15, -0.1) is 0 Å². The average Bonchev–Trinajstić information content (AvgIpc) is 3.17. The molecular formula is C21H20N2O4S. The molecule has 0 fully saturated rings. The van der Waals surface area contributed by atoms with E-state index in [2.05, 4.69) is 10.6 Å². The molecule has 0 bridgehead atoms. The molecule has 0 aliphatic heterocycles. The predicted octanol–water partition coefficient (Wildman–Crippen LogP) is 3.88. The van der Waals surface area contributed by atoms with E-state index in [0.29, 0.717) is 28.5 Å². The van der Waals surface area contributed by atoms with Gasteiger partial charge in [0.05, 0.1) is 12.8 Å². The standard InChI is InChI=1S/C21H20N2O4S/c1-13-3-5-14(6-4-13)20(25)23-21(28)22-17-11-15(7-9-19(17)26-2)18-10-8-16(12-24)27-18/h3-11,24H,12H2,1-2H3,(H2,22,23,25,28). The Bertz CT molecular complexity index is 996. The van der Waals surface area contributed by atoms with Crippen LogP contribution in [0.3, 0.4) is 0 Å². The van der Waals surface area contributed by atoms with E-state index < -0.39 is 0 Å². The Hall–Kier alpha value is -3.16. The number of nitrogens with one attached hydrogen (secondary N) is 2. The third kappa shape index (κ3) is 4.57. The summed E-state index contributed by atoms with van der Waals surface area (Å²) in [5, 5.41) is 15.0. The maximum absolute atomic E-state index is 12.3. The van der Waals surface area contributed by atoms with Gasteiger partial charge in [-0.3, -0.25) is 10.1 Å². The number of methoxy groups -OCH3 is 1. The molecular weight excluding hydrogens is 376 g/mol. The highest BCUT2D eigenvalue weighted by Crippen LogP contribution is 2.31. The van der Waals surface area contributed by atoms with Crippen LogP contribution in [0.15, 0.2) is 59.0 Å². The summed E-state index contributed by atoms with van der Waals surface area (Å²) in [5.41, 5.74) is 2.94. The van der Waals surface area contributed by atoms with Gasteiger partial charge in [0.25, 0.3) is 5.91 Å². The first kappa shape index (κ1) is 19.6. The molecule has 0 aliphatic rings. The minimum Gasteiger partial charge on any atom is -0.495 e. The van der Waals surface area contributed by atoms with Crippen LogP contribution in [0.25, 0.3) is 11.3 Å². The highest BCUT2D eigenvalue weighted by Gasteiger charge is 2.12. The lowest BCUT2D eigenvalue weighted by atomic mass is 10.1. The summed E-state index contributed by atoms with van der Waals surface area (Å²) in [4.78, 5) is 12.3. The summed E-state index contributed by atoms with van der Waals surface area (Å²) in [6.45, 7) is 1.78. The number of thiocarbonyl (C=S) groups is 1. The van der Waals surface area contributed by atoms with Crippen LogP contribution in [0.4, 0.5) is 5.69 Å². The summed E-state index contributed by atoms with van der Waals surface area (Å²) in [6.07, 6.45) is 0. The summed E-state index contributed by atoms with van der Waals surface area (Å²) in [5.74, 6) is 1.33. The van der Waals surface area contributed by atoms with Gasteiger partial charge in [0.2, 0.25) is 0 Å². The van der Waals surface area contributed by atoms with Gasteiger partial charge < -0.3 is 19.6 Å². The minimum absolute atomic E-state index is 0.150. The number of aliphatic hydroxyl groups is 1. The molecule has 2 aromatic carbocycles. The van der Waals surface area contributed by atoms with Gasteiger partial charge in [-0.1, -0.05) is 17.7 Å². The number of carbonyl (C=O) groups is 1. The lowest BCUT2D eigenvalue weighted by Crippen LogP contribution is -2.34. The number of anilines is 1. The molecule has 0 spiro atoms. The van der Waals surface area contributed by atoms with E-state index in [1.807, 2.05) is 25.1 Å². The van der Waals surface area contributed by atoms with Crippen LogP contribution in [0.2, 0.25) is 0 Å². The largest absolute Gasteiger partial charge is 0.495 e. The SMILES string of the molecule is COc1ccc(-c2ccc(CO)o2)cc1NC(=S)NC(=O)c1ccc(C)cc1. The number of hydrogen-bond acceptors (Lipinski definition) is 5. The van der Waals surface area contributed by atoms with Crippen molar-refractivity contribution in [2.24, 2.45) is 0 Å². The van der Waals surface area contributed by atoms with Crippen LogP contribution in [0, 0.1) is 6.92 Å². The fourth-order valence-electron chi connectivity index (χ4n) is 2.61. The molecule has 0 radical (unpaired) electrons. The highest BCUT2D eigenvalue weighted by atomic mass is 32.1. The van der Waals surface area contributed by atoms with E-state index >= 15 is 0 Å². The topological polar surface area (TPSA) is 83.7 Å². The Morgan fingerprint density at radius 1 is 1.14 bits per heavy atom. The molecule has 0 saturated carbocycles. The Kier molecular flexibility index (Phi) is 6.08. The quantitative estimate of drug-likeness (QED) is 0.568. The molecule has 1 amide bonds. The lowest BCUT2D eigenvalue weighted by molar-refractivity contribution is 0.0977. The van der Waals surface area contributed by atoms with Gasteiger partial charge in [-0.2, -0.15) is 0 Å². The Morgan fingerprint density at radius 2 is 1.89 bits per heavy atom. The highest BCUT2D eigenvalue weighted by molar-refractivity contribution is 7.80. The summed E-state index contributed by atoms with van der Waals surface area (Å²) < 4.78 is 10.9. The third-order valence-electron chi connectivity index (χ3n) is 4.09. The van der Waals surface area contributed by atoms with Gasteiger partial charge >= 0.3 is 0 Å². The molecule has 3 rings (SSSR count). The number of aryl methyl sites for hydroxylation is 1. The van der Waals surface area contributed by atoms with Crippen LogP contribution < -0.4 is 15.4 Å². The zero-order valence-corrected chi connectivity index (χ0v) is 16.3. The first-order valence-electron chi connectivity index (χ1n) is 8.57. The Balaban J connectivity index is 1.76. The van der Waals surface area contributed by atoms with Crippen molar-refractivity contribution < 1.29 is 19.1 Å². The number of benzene rings is 2. The average molecular weight is 396 g/mol. The van der Waals surface area contributed by atoms with Crippen molar-refractivity contribution in [1.82, 2.24) is 5.32 Å². The minimum atomic E-state index is -0.300. The van der Waals surface area contributed by atoms with Crippen molar-refractivity contribution in [1.29, 1.82) is 0 Å². The molecule has 3 aromatic rings. The van der Waals surface area contributed by atoms with Crippen molar-refractivity contribution >= 4 is 28.9 Å². The molecule has 144 valence electrons. The molecule has 6 nitrogen and oxygen atoms in total. The molecule has 3 N–H and O–H groups in total. The van der Waals surface area contributed by atoms with Gasteiger partial charge in [-0.05, 0) is 61.6 Å². The number of furan rings is 1. The number of hydrogen-bond donors (Lipinski definition) is 3. The van der Waals surface area contributed by atoms with Crippen LogP contribution >= 0.6 is 12.2 Å². The smallest absolute Gasteiger partial charge is 0.257 e. The molecule has 0 unspecified atom stereocenters. The number of ether oxygens (including phenoxy) is 1. The van der Waals surface area contributed by atoms with Crippen molar-refractivity contribution in [3.63, 3.8) is 0 Å². The van der Waals surface area contributed by atoms with Crippen molar-refractivity contribution in [2.75, 3.05) is 12.4 Å².